The number of rotatable bonds is 1. The van der Waals surface area contributed by atoms with Gasteiger partial charge in [0.2, 0.25) is 5.89 Å². The molecule has 3 N–H and O–H groups in total. The summed E-state index contributed by atoms with van der Waals surface area (Å²) in [4.78, 5) is 16.9. The van der Waals surface area contributed by atoms with Gasteiger partial charge in [0.1, 0.15) is 0 Å². The lowest BCUT2D eigenvalue weighted by Crippen LogP contribution is -2.21. The molecule has 0 aromatic carbocycles. The molecular weight excluding hydrogens is 255 g/mol. The normalized spacial score (nSPS) is 10.9. The molecule has 0 unspecified atom stereocenters. The van der Waals surface area contributed by atoms with Gasteiger partial charge in [0.25, 0.3) is 0 Å². The second-order valence-corrected chi connectivity index (χ2v) is 2.94. The third kappa shape index (κ3) is 3.70. The fraction of sp³-hybridized carbons (Fsp3) is 0.222. The zero-order chi connectivity index (χ0) is 13.8. The van der Waals surface area contributed by atoms with Crippen LogP contribution < -0.4 is 5.73 Å². The van der Waals surface area contributed by atoms with Crippen LogP contribution in [0, 0.1) is 0 Å². The molecule has 0 amide bonds. The molecule has 2 rings (SSSR count). The van der Waals surface area contributed by atoms with E-state index in [1.54, 1.807) is 12.3 Å². The van der Waals surface area contributed by atoms with Gasteiger partial charge < -0.3 is 15.3 Å². The number of aromatic nitrogens is 2. The van der Waals surface area contributed by atoms with Crippen molar-refractivity contribution >= 4 is 17.2 Å². The van der Waals surface area contributed by atoms with Crippen molar-refractivity contribution < 1.29 is 27.5 Å². The molecule has 0 aliphatic rings. The van der Waals surface area contributed by atoms with Crippen LogP contribution in [-0.4, -0.2) is 27.2 Å². The molecule has 0 saturated heterocycles. The standard InChI is InChI=1S/C7H7N3O.C2HF3O2/c8-4-6-10-7-5(11-6)2-1-3-9-7;3-2(4,5)1(6)7/h1-3H,4,8H2;(H,6,7). The smallest absolute Gasteiger partial charge is 0.475 e. The van der Waals surface area contributed by atoms with Gasteiger partial charge in [-0.15, -0.1) is 0 Å². The molecule has 6 nitrogen and oxygen atoms in total. The van der Waals surface area contributed by atoms with Crippen LogP contribution >= 0.6 is 0 Å². The number of oxazole rings is 1. The summed E-state index contributed by atoms with van der Waals surface area (Å²) in [5, 5.41) is 7.12. The van der Waals surface area contributed by atoms with E-state index in [-0.39, 0.29) is 0 Å². The molecule has 18 heavy (non-hydrogen) atoms. The Bertz CT molecular complexity index is 505. The number of carboxylic acids is 1. The Labute approximate surface area is 98.2 Å². The Kier molecular flexibility index (Phi) is 4.21. The Hall–Kier alpha value is -2.16. The highest BCUT2D eigenvalue weighted by Crippen LogP contribution is 2.13. The fourth-order valence-corrected chi connectivity index (χ4v) is 0.901. The van der Waals surface area contributed by atoms with E-state index in [2.05, 4.69) is 9.97 Å². The third-order valence-corrected chi connectivity index (χ3v) is 1.63. The predicted molar refractivity (Wildman–Crippen MR) is 53.4 cm³/mol. The number of pyridine rings is 1. The van der Waals surface area contributed by atoms with Crippen LogP contribution in [0.4, 0.5) is 13.2 Å². The van der Waals surface area contributed by atoms with E-state index >= 15 is 0 Å². The number of carboxylic acid groups (broad SMARTS) is 1. The van der Waals surface area contributed by atoms with Crippen molar-refractivity contribution in [3.63, 3.8) is 0 Å². The highest BCUT2D eigenvalue weighted by atomic mass is 19.4. The maximum absolute atomic E-state index is 10.6. The first-order chi connectivity index (χ1) is 8.34. The maximum Gasteiger partial charge on any atom is 0.490 e. The molecule has 9 heteroatoms. The van der Waals surface area contributed by atoms with Crippen LogP contribution in [0.25, 0.3) is 11.2 Å². The lowest BCUT2D eigenvalue weighted by atomic mass is 10.5. The molecular formula is C9H8F3N3O3. The Balaban J connectivity index is 0.000000203. The van der Waals surface area contributed by atoms with E-state index in [9.17, 15) is 13.2 Å². The Morgan fingerprint density at radius 1 is 1.50 bits per heavy atom. The first-order valence-corrected chi connectivity index (χ1v) is 4.55. The second-order valence-electron chi connectivity index (χ2n) is 2.94. The number of halogens is 3. The summed E-state index contributed by atoms with van der Waals surface area (Å²) in [6.45, 7) is 0.316. The first kappa shape index (κ1) is 13.9. The molecule has 0 saturated carbocycles. The van der Waals surface area contributed by atoms with Crippen molar-refractivity contribution in [3.8, 4) is 0 Å². The molecule has 0 atom stereocenters. The minimum absolute atomic E-state index is 0.316. The van der Waals surface area contributed by atoms with Gasteiger partial charge >= 0.3 is 12.1 Å². The number of fused-ring (bicyclic) bond motifs is 1. The summed E-state index contributed by atoms with van der Waals surface area (Å²) in [6, 6.07) is 3.61. The van der Waals surface area contributed by atoms with Crippen LogP contribution in [0.15, 0.2) is 22.7 Å². The van der Waals surface area contributed by atoms with Gasteiger partial charge in [0.15, 0.2) is 11.2 Å². The highest BCUT2D eigenvalue weighted by molar-refractivity contribution is 5.73. The number of aliphatic carboxylic acids is 1. The largest absolute Gasteiger partial charge is 0.490 e. The van der Waals surface area contributed by atoms with Crippen molar-refractivity contribution in [2.75, 3.05) is 0 Å². The molecule has 2 aromatic heterocycles. The van der Waals surface area contributed by atoms with Crippen molar-refractivity contribution in [2.24, 2.45) is 5.73 Å². The van der Waals surface area contributed by atoms with Gasteiger partial charge in [0.05, 0.1) is 6.54 Å². The summed E-state index contributed by atoms with van der Waals surface area (Å²) in [5.41, 5.74) is 6.64. The number of carbonyl (C=O) groups is 1. The van der Waals surface area contributed by atoms with E-state index in [1.807, 2.05) is 6.07 Å². The molecule has 0 bridgehead atoms. The molecule has 2 aromatic rings. The van der Waals surface area contributed by atoms with Crippen LogP contribution in [0.2, 0.25) is 0 Å². The van der Waals surface area contributed by atoms with Crippen molar-refractivity contribution in [1.82, 2.24) is 9.97 Å². The van der Waals surface area contributed by atoms with E-state index in [1.165, 1.54) is 0 Å². The van der Waals surface area contributed by atoms with Crippen molar-refractivity contribution in [2.45, 2.75) is 12.7 Å². The predicted octanol–water partition coefficient (Wildman–Crippen LogP) is 1.31. The van der Waals surface area contributed by atoms with E-state index in [0.29, 0.717) is 23.7 Å². The van der Waals surface area contributed by atoms with E-state index in [4.69, 9.17) is 20.1 Å². The summed E-state index contributed by atoms with van der Waals surface area (Å²) in [7, 11) is 0. The van der Waals surface area contributed by atoms with Gasteiger partial charge in [-0.1, -0.05) is 0 Å². The van der Waals surface area contributed by atoms with Gasteiger partial charge in [-0.25, -0.2) is 9.78 Å². The molecule has 2 heterocycles. The molecule has 98 valence electrons. The zero-order valence-corrected chi connectivity index (χ0v) is 8.81. The van der Waals surface area contributed by atoms with Crippen molar-refractivity contribution in [1.29, 1.82) is 0 Å². The minimum Gasteiger partial charge on any atom is -0.475 e. The van der Waals surface area contributed by atoms with Crippen LogP contribution in [0.1, 0.15) is 5.89 Å². The lowest BCUT2D eigenvalue weighted by Gasteiger charge is -1.93. The molecule has 0 aliphatic carbocycles. The number of hydrogen-bond acceptors (Lipinski definition) is 5. The lowest BCUT2D eigenvalue weighted by molar-refractivity contribution is -0.192. The quantitative estimate of drug-likeness (QED) is 0.804. The van der Waals surface area contributed by atoms with Crippen LogP contribution in [0.3, 0.4) is 0 Å². The average molecular weight is 263 g/mol. The summed E-state index contributed by atoms with van der Waals surface area (Å²) >= 11 is 0. The zero-order valence-electron chi connectivity index (χ0n) is 8.81. The highest BCUT2D eigenvalue weighted by Gasteiger charge is 2.38. The second kappa shape index (κ2) is 5.45. The van der Waals surface area contributed by atoms with Gasteiger partial charge in [-0.2, -0.15) is 18.2 Å². The molecule has 0 spiro atoms. The molecule has 0 aliphatic heterocycles. The molecule has 0 radical (unpaired) electrons. The number of hydrogen-bond donors (Lipinski definition) is 2. The van der Waals surface area contributed by atoms with E-state index in [0.717, 1.165) is 0 Å². The van der Waals surface area contributed by atoms with Gasteiger partial charge in [-0.05, 0) is 12.1 Å². The minimum atomic E-state index is -5.08. The van der Waals surface area contributed by atoms with Gasteiger partial charge in [-0.3, -0.25) is 0 Å². The molecule has 0 fully saturated rings. The summed E-state index contributed by atoms with van der Waals surface area (Å²) in [6.07, 6.45) is -3.41. The van der Waals surface area contributed by atoms with Gasteiger partial charge in [0, 0.05) is 6.20 Å². The third-order valence-electron chi connectivity index (χ3n) is 1.63. The van der Waals surface area contributed by atoms with E-state index < -0.39 is 12.1 Å². The van der Waals surface area contributed by atoms with Crippen molar-refractivity contribution in [3.05, 3.63) is 24.2 Å². The fourth-order valence-electron chi connectivity index (χ4n) is 0.901. The SMILES string of the molecule is NCc1nc2ncccc2o1.O=C(O)C(F)(F)F. The number of nitrogens with zero attached hydrogens (tertiary/aromatic N) is 2. The average Bonchev–Trinajstić information content (AvgIpc) is 2.71. The Morgan fingerprint density at radius 3 is 2.56 bits per heavy atom. The monoisotopic (exact) mass is 263 g/mol. The summed E-state index contributed by atoms with van der Waals surface area (Å²) in [5.74, 6) is -2.23. The van der Waals surface area contributed by atoms with Crippen LogP contribution in [0.5, 0.6) is 0 Å². The number of alkyl halides is 3. The maximum atomic E-state index is 10.6. The number of nitrogens with two attached hydrogens (primary N) is 1. The summed E-state index contributed by atoms with van der Waals surface area (Å²) < 4.78 is 37.0. The van der Waals surface area contributed by atoms with Crippen LogP contribution in [-0.2, 0) is 11.3 Å². The topological polar surface area (TPSA) is 102 Å². The first-order valence-electron chi connectivity index (χ1n) is 4.55. The Morgan fingerprint density at radius 2 is 2.11 bits per heavy atom.